The Bertz CT molecular complexity index is 95.6. The van der Waals surface area contributed by atoms with Crippen LogP contribution < -0.4 is 5.32 Å². The number of carbonyl (C=O) groups excluding carboxylic acids is 1. The maximum absolute atomic E-state index is 10.4. The fourth-order valence-corrected chi connectivity index (χ4v) is 1.01. The molecule has 0 rings (SSSR count). The molecule has 1 N–H and O–H groups in total. The Morgan fingerprint density at radius 3 is 2.60 bits per heavy atom. The van der Waals surface area contributed by atoms with Crippen LogP contribution in [0.5, 0.6) is 0 Å². The molecule has 0 aromatic rings. The third-order valence-electron chi connectivity index (χ3n) is 1.29. The van der Waals surface area contributed by atoms with Gasteiger partial charge < -0.3 is 5.32 Å². The van der Waals surface area contributed by atoms with Crippen molar-refractivity contribution in [1.29, 1.82) is 0 Å². The number of hydrogen-bond donors (Lipinski definition) is 1. The third-order valence-corrected chi connectivity index (χ3v) is 1.68. The standard InChI is InChI=1S/C7H14INO/c1-2-3-4-5-6-9-7(8)10/h2-6H2,1H3,(H,9,10). The van der Waals surface area contributed by atoms with E-state index in [2.05, 4.69) is 12.2 Å². The second kappa shape index (κ2) is 7.31. The summed E-state index contributed by atoms with van der Waals surface area (Å²) in [6.45, 7) is 3.01. The van der Waals surface area contributed by atoms with Crippen molar-refractivity contribution in [3.05, 3.63) is 0 Å². The highest BCUT2D eigenvalue weighted by molar-refractivity contribution is 14.1. The first-order chi connectivity index (χ1) is 4.77. The second-order valence-corrected chi connectivity index (χ2v) is 3.24. The van der Waals surface area contributed by atoms with Crippen molar-refractivity contribution in [2.75, 3.05) is 6.54 Å². The van der Waals surface area contributed by atoms with Crippen molar-refractivity contribution < 1.29 is 4.79 Å². The molecule has 0 fully saturated rings. The van der Waals surface area contributed by atoms with E-state index in [0.29, 0.717) is 0 Å². The first-order valence-corrected chi connectivity index (χ1v) is 4.78. The number of rotatable bonds is 5. The van der Waals surface area contributed by atoms with Crippen LogP contribution in [0.3, 0.4) is 0 Å². The van der Waals surface area contributed by atoms with Crippen LogP contribution in [0.15, 0.2) is 0 Å². The molecule has 0 saturated heterocycles. The largest absolute Gasteiger partial charge is 0.348 e. The molecule has 0 heterocycles. The summed E-state index contributed by atoms with van der Waals surface area (Å²) in [5.74, 6) is 0. The number of unbranched alkanes of at least 4 members (excludes halogenated alkanes) is 3. The summed E-state index contributed by atoms with van der Waals surface area (Å²) in [5, 5.41) is 2.75. The monoisotopic (exact) mass is 255 g/mol. The SMILES string of the molecule is CCCCCCNC(=O)I. The van der Waals surface area contributed by atoms with Crippen molar-refractivity contribution in [3.8, 4) is 0 Å². The molecule has 2 nitrogen and oxygen atoms in total. The quantitative estimate of drug-likeness (QED) is 0.348. The number of carbonyl (C=O) groups is 1. The summed E-state index contributed by atoms with van der Waals surface area (Å²) in [4.78, 5) is 10.4. The number of hydrogen-bond acceptors (Lipinski definition) is 1. The van der Waals surface area contributed by atoms with Gasteiger partial charge in [-0.05, 0) is 6.42 Å². The Morgan fingerprint density at radius 2 is 2.10 bits per heavy atom. The number of halogens is 1. The lowest BCUT2D eigenvalue weighted by Crippen LogP contribution is -2.16. The Balaban J connectivity index is 2.84. The van der Waals surface area contributed by atoms with E-state index in [1.807, 2.05) is 0 Å². The van der Waals surface area contributed by atoms with Gasteiger partial charge in [0.1, 0.15) is 0 Å². The van der Waals surface area contributed by atoms with Crippen LogP contribution in [0.4, 0.5) is 4.79 Å². The van der Waals surface area contributed by atoms with Crippen LogP contribution >= 0.6 is 22.6 Å². The van der Waals surface area contributed by atoms with Crippen molar-refractivity contribution in [2.45, 2.75) is 32.6 Å². The van der Waals surface area contributed by atoms with Crippen molar-refractivity contribution in [1.82, 2.24) is 5.32 Å². The fraction of sp³-hybridized carbons (Fsp3) is 0.857. The molecule has 0 aliphatic carbocycles. The van der Waals surface area contributed by atoms with Crippen molar-refractivity contribution in [2.24, 2.45) is 0 Å². The molecular formula is C7H14INO. The minimum atomic E-state index is 0.0501. The van der Waals surface area contributed by atoms with Gasteiger partial charge in [-0.25, -0.2) is 0 Å². The van der Waals surface area contributed by atoms with E-state index in [0.717, 1.165) is 13.0 Å². The van der Waals surface area contributed by atoms with Gasteiger partial charge in [0.05, 0.1) is 0 Å². The van der Waals surface area contributed by atoms with Gasteiger partial charge in [0, 0.05) is 29.1 Å². The van der Waals surface area contributed by atoms with E-state index in [4.69, 9.17) is 0 Å². The Hall–Kier alpha value is 0.200. The highest BCUT2D eigenvalue weighted by Gasteiger charge is 1.90. The van der Waals surface area contributed by atoms with E-state index in [1.165, 1.54) is 19.3 Å². The van der Waals surface area contributed by atoms with Gasteiger partial charge in [-0.3, -0.25) is 4.79 Å². The van der Waals surface area contributed by atoms with E-state index >= 15 is 0 Å². The molecule has 0 unspecified atom stereocenters. The Morgan fingerprint density at radius 1 is 1.40 bits per heavy atom. The molecule has 0 aromatic heterocycles. The summed E-state index contributed by atoms with van der Waals surface area (Å²) in [6.07, 6.45) is 4.87. The van der Waals surface area contributed by atoms with Gasteiger partial charge in [0.2, 0.25) is 0 Å². The molecule has 60 valence electrons. The first kappa shape index (κ1) is 10.2. The summed E-state index contributed by atoms with van der Waals surface area (Å²) in [6, 6.07) is 0. The average molecular weight is 255 g/mol. The molecular weight excluding hydrogens is 241 g/mol. The first-order valence-electron chi connectivity index (χ1n) is 3.70. The van der Waals surface area contributed by atoms with Crippen molar-refractivity contribution >= 4 is 26.5 Å². The van der Waals surface area contributed by atoms with E-state index in [9.17, 15) is 4.79 Å². The van der Waals surface area contributed by atoms with Crippen LogP contribution in [-0.2, 0) is 0 Å². The molecule has 0 saturated carbocycles. The smallest absolute Gasteiger partial charge is 0.280 e. The molecule has 0 aromatic carbocycles. The van der Waals surface area contributed by atoms with E-state index < -0.39 is 0 Å². The highest BCUT2D eigenvalue weighted by atomic mass is 127. The molecule has 0 radical (unpaired) electrons. The molecule has 0 atom stereocenters. The van der Waals surface area contributed by atoms with Crippen molar-refractivity contribution in [3.63, 3.8) is 0 Å². The molecule has 0 aliphatic rings. The van der Waals surface area contributed by atoms with E-state index in [1.54, 1.807) is 22.6 Å². The predicted molar refractivity (Wildman–Crippen MR) is 51.6 cm³/mol. The molecule has 0 aliphatic heterocycles. The third kappa shape index (κ3) is 8.20. The van der Waals surface area contributed by atoms with Gasteiger partial charge in [0.15, 0.2) is 0 Å². The van der Waals surface area contributed by atoms with Gasteiger partial charge in [-0.1, -0.05) is 26.2 Å². The van der Waals surface area contributed by atoms with Gasteiger partial charge in [-0.2, -0.15) is 0 Å². The topological polar surface area (TPSA) is 29.1 Å². The lowest BCUT2D eigenvalue weighted by molar-refractivity contribution is 0.263. The lowest BCUT2D eigenvalue weighted by Gasteiger charge is -1.98. The Labute approximate surface area is 75.9 Å². The van der Waals surface area contributed by atoms with Gasteiger partial charge in [0.25, 0.3) is 3.91 Å². The fourth-order valence-electron chi connectivity index (χ4n) is 0.738. The normalized spacial score (nSPS) is 9.40. The van der Waals surface area contributed by atoms with Crippen LogP contribution in [0.2, 0.25) is 0 Å². The maximum atomic E-state index is 10.4. The summed E-state index contributed by atoms with van der Waals surface area (Å²) in [5.41, 5.74) is 0. The minimum absolute atomic E-state index is 0.0501. The minimum Gasteiger partial charge on any atom is -0.348 e. The lowest BCUT2D eigenvalue weighted by atomic mass is 10.2. The Kier molecular flexibility index (Phi) is 7.45. The molecule has 3 heteroatoms. The highest BCUT2D eigenvalue weighted by Crippen LogP contribution is 1.97. The zero-order valence-electron chi connectivity index (χ0n) is 6.32. The molecule has 10 heavy (non-hydrogen) atoms. The second-order valence-electron chi connectivity index (χ2n) is 2.26. The molecule has 0 bridgehead atoms. The average Bonchev–Trinajstić information content (AvgIpc) is 1.87. The zero-order valence-corrected chi connectivity index (χ0v) is 8.48. The predicted octanol–water partition coefficient (Wildman–Crippen LogP) is 2.71. The van der Waals surface area contributed by atoms with Crippen LogP contribution in [0.25, 0.3) is 0 Å². The summed E-state index contributed by atoms with van der Waals surface area (Å²) < 4.78 is 0.0501. The number of nitrogens with one attached hydrogen (secondary N) is 1. The van der Waals surface area contributed by atoms with Crippen LogP contribution in [0, 0.1) is 0 Å². The molecule has 0 spiro atoms. The van der Waals surface area contributed by atoms with Gasteiger partial charge >= 0.3 is 0 Å². The molecule has 1 amide bonds. The maximum Gasteiger partial charge on any atom is 0.280 e. The summed E-state index contributed by atoms with van der Waals surface area (Å²) >= 11 is 1.75. The zero-order chi connectivity index (χ0) is 7.82. The summed E-state index contributed by atoms with van der Waals surface area (Å²) in [7, 11) is 0. The van der Waals surface area contributed by atoms with E-state index in [-0.39, 0.29) is 3.91 Å². The number of amides is 1. The van der Waals surface area contributed by atoms with Crippen LogP contribution in [0.1, 0.15) is 32.6 Å². The van der Waals surface area contributed by atoms with Crippen LogP contribution in [-0.4, -0.2) is 10.5 Å². The van der Waals surface area contributed by atoms with Gasteiger partial charge in [-0.15, -0.1) is 0 Å².